The lowest BCUT2D eigenvalue weighted by Crippen LogP contribution is -2.36. The first-order chi connectivity index (χ1) is 8.31. The summed E-state index contributed by atoms with van der Waals surface area (Å²) in [5.41, 5.74) is 1.34. The molecule has 1 saturated carbocycles. The van der Waals surface area contributed by atoms with Crippen LogP contribution in [-0.2, 0) is 0 Å². The molecule has 0 bridgehead atoms. The van der Waals surface area contributed by atoms with E-state index in [2.05, 4.69) is 35.1 Å². The topological polar surface area (TPSA) is 35.8 Å². The first kappa shape index (κ1) is 12.6. The van der Waals surface area contributed by atoms with Crippen molar-refractivity contribution < 1.29 is 0 Å². The molecule has 2 nitrogen and oxygen atoms in total. The van der Waals surface area contributed by atoms with E-state index in [1.54, 1.807) is 11.3 Å². The molecule has 0 spiro atoms. The van der Waals surface area contributed by atoms with Crippen molar-refractivity contribution in [1.82, 2.24) is 5.32 Å². The number of hydrogen-bond acceptors (Lipinski definition) is 3. The third-order valence-corrected chi connectivity index (χ3v) is 4.39. The molecule has 0 aliphatic heterocycles. The van der Waals surface area contributed by atoms with E-state index in [1.165, 1.54) is 24.8 Å². The first-order valence-corrected chi connectivity index (χ1v) is 7.43. The third-order valence-electron chi connectivity index (χ3n) is 3.69. The average molecular weight is 248 g/mol. The van der Waals surface area contributed by atoms with E-state index in [-0.39, 0.29) is 5.92 Å². The molecule has 3 unspecified atom stereocenters. The summed E-state index contributed by atoms with van der Waals surface area (Å²) in [5.74, 6) is 0.193. The number of nitrogens with zero attached hydrogens (tertiary/aromatic N) is 1. The average Bonchev–Trinajstić information content (AvgIpc) is 2.78. The molecule has 0 aromatic carbocycles. The molecule has 0 saturated heterocycles. The second kappa shape index (κ2) is 6.18. The van der Waals surface area contributed by atoms with Crippen molar-refractivity contribution >= 4 is 11.3 Å². The van der Waals surface area contributed by atoms with Gasteiger partial charge < -0.3 is 5.32 Å². The highest BCUT2D eigenvalue weighted by molar-refractivity contribution is 7.07. The van der Waals surface area contributed by atoms with Crippen LogP contribution in [0.5, 0.6) is 0 Å². The monoisotopic (exact) mass is 248 g/mol. The van der Waals surface area contributed by atoms with Crippen molar-refractivity contribution in [3.63, 3.8) is 0 Å². The Morgan fingerprint density at radius 3 is 2.94 bits per heavy atom. The molecule has 0 radical (unpaired) electrons. The minimum absolute atomic E-state index is 0.193. The van der Waals surface area contributed by atoms with E-state index in [0.29, 0.717) is 12.1 Å². The normalized spacial score (nSPS) is 27.1. The van der Waals surface area contributed by atoms with Gasteiger partial charge in [0.2, 0.25) is 0 Å². The maximum absolute atomic E-state index is 9.24. The van der Waals surface area contributed by atoms with Crippen LogP contribution in [0, 0.1) is 17.2 Å². The van der Waals surface area contributed by atoms with Crippen LogP contribution in [0.25, 0.3) is 0 Å². The largest absolute Gasteiger partial charge is 0.306 e. The van der Waals surface area contributed by atoms with E-state index >= 15 is 0 Å². The first-order valence-electron chi connectivity index (χ1n) is 6.49. The highest BCUT2D eigenvalue weighted by Crippen LogP contribution is 2.26. The zero-order valence-corrected chi connectivity index (χ0v) is 11.2. The fraction of sp³-hybridized carbons (Fsp3) is 0.643. The van der Waals surface area contributed by atoms with E-state index < -0.39 is 0 Å². The van der Waals surface area contributed by atoms with Gasteiger partial charge in [-0.2, -0.15) is 16.6 Å². The van der Waals surface area contributed by atoms with E-state index in [0.717, 1.165) is 12.8 Å². The van der Waals surface area contributed by atoms with Crippen molar-refractivity contribution in [3.8, 4) is 6.07 Å². The van der Waals surface area contributed by atoms with Crippen LogP contribution in [0.15, 0.2) is 16.8 Å². The van der Waals surface area contributed by atoms with E-state index in [9.17, 15) is 5.26 Å². The summed E-state index contributed by atoms with van der Waals surface area (Å²) in [7, 11) is 0. The Labute approximate surface area is 108 Å². The molecule has 1 aromatic rings. The molecular weight excluding hydrogens is 228 g/mol. The SMILES string of the molecule is CC(NC1CCCCCC1C#N)c1ccsc1. The molecule has 1 aliphatic carbocycles. The van der Waals surface area contributed by atoms with E-state index in [4.69, 9.17) is 0 Å². The van der Waals surface area contributed by atoms with Crippen LogP contribution < -0.4 is 5.32 Å². The number of nitrogens with one attached hydrogen (secondary N) is 1. The van der Waals surface area contributed by atoms with Crippen molar-refractivity contribution in [1.29, 1.82) is 5.26 Å². The van der Waals surface area contributed by atoms with Crippen molar-refractivity contribution in [2.24, 2.45) is 5.92 Å². The van der Waals surface area contributed by atoms with Crippen LogP contribution in [0.3, 0.4) is 0 Å². The maximum atomic E-state index is 9.24. The molecule has 1 N–H and O–H groups in total. The predicted octanol–water partition coefficient (Wildman–Crippen LogP) is 3.87. The lowest BCUT2D eigenvalue weighted by atomic mass is 9.95. The second-order valence-electron chi connectivity index (χ2n) is 4.93. The number of nitriles is 1. The minimum Gasteiger partial charge on any atom is -0.306 e. The summed E-state index contributed by atoms with van der Waals surface area (Å²) in [4.78, 5) is 0. The van der Waals surface area contributed by atoms with Crippen LogP contribution in [0.1, 0.15) is 50.6 Å². The Kier molecular flexibility index (Phi) is 4.58. The van der Waals surface area contributed by atoms with Gasteiger partial charge in [0, 0.05) is 12.1 Å². The standard InChI is InChI=1S/C14H20N2S/c1-11(13-7-8-17-10-13)16-14-6-4-2-3-5-12(14)9-15/h7-8,10-12,14,16H,2-6H2,1H3. The fourth-order valence-corrected chi connectivity index (χ4v) is 3.35. The van der Waals surface area contributed by atoms with Gasteiger partial charge in [0.15, 0.2) is 0 Å². The van der Waals surface area contributed by atoms with Gasteiger partial charge in [-0.05, 0) is 42.2 Å². The van der Waals surface area contributed by atoms with Crippen LogP contribution in [0.4, 0.5) is 0 Å². The molecule has 1 aliphatic rings. The van der Waals surface area contributed by atoms with Gasteiger partial charge in [0.25, 0.3) is 0 Å². The molecular formula is C14H20N2S. The summed E-state index contributed by atoms with van der Waals surface area (Å²) < 4.78 is 0. The zero-order valence-electron chi connectivity index (χ0n) is 10.4. The predicted molar refractivity (Wildman–Crippen MR) is 71.8 cm³/mol. The van der Waals surface area contributed by atoms with Gasteiger partial charge in [-0.3, -0.25) is 0 Å². The lowest BCUT2D eigenvalue weighted by molar-refractivity contribution is 0.362. The minimum atomic E-state index is 0.193. The molecule has 3 heteroatoms. The van der Waals surface area contributed by atoms with Crippen LogP contribution in [-0.4, -0.2) is 6.04 Å². The number of hydrogen-bond donors (Lipinski definition) is 1. The fourth-order valence-electron chi connectivity index (χ4n) is 2.60. The molecule has 1 fully saturated rings. The highest BCUT2D eigenvalue weighted by atomic mass is 32.1. The zero-order chi connectivity index (χ0) is 12.1. The Balaban J connectivity index is 1.98. The van der Waals surface area contributed by atoms with Gasteiger partial charge >= 0.3 is 0 Å². The van der Waals surface area contributed by atoms with Gasteiger partial charge in [0.05, 0.1) is 12.0 Å². The smallest absolute Gasteiger partial charge is 0.0672 e. The maximum Gasteiger partial charge on any atom is 0.0672 e. The molecule has 92 valence electrons. The summed E-state index contributed by atoms with van der Waals surface area (Å²) in [5, 5.41) is 17.2. The van der Waals surface area contributed by atoms with Crippen molar-refractivity contribution in [3.05, 3.63) is 22.4 Å². The molecule has 1 aromatic heterocycles. The molecule has 17 heavy (non-hydrogen) atoms. The summed E-state index contributed by atoms with van der Waals surface area (Å²) in [6, 6.07) is 5.39. The summed E-state index contributed by atoms with van der Waals surface area (Å²) in [6.07, 6.45) is 5.95. The number of rotatable bonds is 3. The van der Waals surface area contributed by atoms with Gasteiger partial charge in [0.1, 0.15) is 0 Å². The Hall–Kier alpha value is -0.850. The number of thiophene rings is 1. The van der Waals surface area contributed by atoms with E-state index in [1.807, 2.05) is 0 Å². The second-order valence-corrected chi connectivity index (χ2v) is 5.71. The molecule has 2 rings (SSSR count). The van der Waals surface area contributed by atoms with Gasteiger partial charge in [-0.25, -0.2) is 0 Å². The molecule has 1 heterocycles. The molecule has 3 atom stereocenters. The summed E-state index contributed by atoms with van der Waals surface area (Å²) in [6.45, 7) is 2.20. The summed E-state index contributed by atoms with van der Waals surface area (Å²) >= 11 is 1.74. The van der Waals surface area contributed by atoms with Gasteiger partial charge in [-0.1, -0.05) is 19.3 Å². The van der Waals surface area contributed by atoms with Gasteiger partial charge in [-0.15, -0.1) is 0 Å². The highest BCUT2D eigenvalue weighted by Gasteiger charge is 2.24. The Morgan fingerprint density at radius 2 is 2.24 bits per heavy atom. The van der Waals surface area contributed by atoms with Crippen LogP contribution in [0.2, 0.25) is 0 Å². The molecule has 0 amide bonds. The third kappa shape index (κ3) is 3.31. The lowest BCUT2D eigenvalue weighted by Gasteiger charge is -2.25. The van der Waals surface area contributed by atoms with Crippen LogP contribution >= 0.6 is 11.3 Å². The van der Waals surface area contributed by atoms with Crippen molar-refractivity contribution in [2.75, 3.05) is 0 Å². The van der Waals surface area contributed by atoms with Crippen molar-refractivity contribution in [2.45, 2.75) is 51.1 Å². The quantitative estimate of drug-likeness (QED) is 0.824. The Morgan fingerprint density at radius 1 is 1.41 bits per heavy atom. The Bertz CT molecular complexity index is 366.